The predicted molar refractivity (Wildman–Crippen MR) is 60.5 cm³/mol. The second-order valence-corrected chi connectivity index (χ2v) is 3.20. The standard InChI is InChI=1S/C11H14N2O/c1-13(2)11-7-5-10(6-8-11)4-3-9-12-14/h3-8H,9H2,1-2H3/b4-3+. The van der Waals surface area contributed by atoms with Crippen molar-refractivity contribution in [2.75, 3.05) is 25.5 Å². The lowest BCUT2D eigenvalue weighted by Gasteiger charge is -2.11. The van der Waals surface area contributed by atoms with Crippen LogP contribution in [0, 0.1) is 4.91 Å². The van der Waals surface area contributed by atoms with Gasteiger partial charge in [0.25, 0.3) is 0 Å². The summed E-state index contributed by atoms with van der Waals surface area (Å²) in [6.07, 6.45) is 3.64. The smallest absolute Gasteiger partial charge is 0.0995 e. The molecule has 0 spiro atoms. The summed E-state index contributed by atoms with van der Waals surface area (Å²) in [6.45, 7) is 0.232. The van der Waals surface area contributed by atoms with Gasteiger partial charge in [-0.2, -0.15) is 4.91 Å². The Morgan fingerprint density at radius 2 is 1.93 bits per heavy atom. The number of benzene rings is 1. The van der Waals surface area contributed by atoms with Crippen LogP contribution >= 0.6 is 0 Å². The normalized spacial score (nSPS) is 10.4. The third-order valence-corrected chi connectivity index (χ3v) is 1.90. The monoisotopic (exact) mass is 190 g/mol. The second kappa shape index (κ2) is 5.17. The van der Waals surface area contributed by atoms with Gasteiger partial charge in [0.1, 0.15) is 0 Å². The molecular weight excluding hydrogens is 176 g/mol. The van der Waals surface area contributed by atoms with Crippen molar-refractivity contribution in [3.63, 3.8) is 0 Å². The van der Waals surface area contributed by atoms with Gasteiger partial charge in [0.2, 0.25) is 0 Å². The Kier molecular flexibility index (Phi) is 3.85. The van der Waals surface area contributed by atoms with Crippen molar-refractivity contribution >= 4 is 11.8 Å². The number of hydrogen-bond donors (Lipinski definition) is 0. The van der Waals surface area contributed by atoms with Gasteiger partial charge in [-0.15, -0.1) is 0 Å². The van der Waals surface area contributed by atoms with Crippen LogP contribution in [0.25, 0.3) is 6.08 Å². The van der Waals surface area contributed by atoms with E-state index in [1.165, 1.54) is 0 Å². The van der Waals surface area contributed by atoms with E-state index in [4.69, 9.17) is 0 Å². The van der Waals surface area contributed by atoms with E-state index in [1.807, 2.05) is 49.3 Å². The molecule has 0 unspecified atom stereocenters. The molecule has 0 aliphatic rings. The third kappa shape index (κ3) is 3.01. The fourth-order valence-electron chi connectivity index (χ4n) is 1.12. The average molecular weight is 190 g/mol. The van der Waals surface area contributed by atoms with Crippen LogP contribution in [0.15, 0.2) is 35.5 Å². The molecular formula is C11H14N2O. The molecule has 0 bridgehead atoms. The van der Waals surface area contributed by atoms with E-state index < -0.39 is 0 Å². The fourth-order valence-corrected chi connectivity index (χ4v) is 1.12. The van der Waals surface area contributed by atoms with Crippen molar-refractivity contribution in [2.24, 2.45) is 5.18 Å². The Labute approximate surface area is 84.0 Å². The molecule has 1 rings (SSSR count). The molecule has 3 heteroatoms. The summed E-state index contributed by atoms with van der Waals surface area (Å²) in [7, 11) is 4.00. The molecule has 0 saturated carbocycles. The molecule has 1 aromatic carbocycles. The number of nitroso groups, excluding NO2 is 1. The minimum absolute atomic E-state index is 0.232. The van der Waals surface area contributed by atoms with Crippen LogP contribution in [-0.2, 0) is 0 Å². The van der Waals surface area contributed by atoms with E-state index >= 15 is 0 Å². The lowest BCUT2D eigenvalue weighted by Crippen LogP contribution is -2.07. The number of nitrogens with zero attached hydrogens (tertiary/aromatic N) is 2. The minimum atomic E-state index is 0.232. The van der Waals surface area contributed by atoms with Crippen LogP contribution in [0.1, 0.15) is 5.56 Å². The average Bonchev–Trinajstić information content (AvgIpc) is 2.19. The molecule has 0 aliphatic carbocycles. The molecule has 74 valence electrons. The van der Waals surface area contributed by atoms with Crippen LogP contribution in [0.5, 0.6) is 0 Å². The Hall–Kier alpha value is -1.64. The first-order valence-corrected chi connectivity index (χ1v) is 4.47. The highest BCUT2D eigenvalue weighted by atomic mass is 16.3. The maximum atomic E-state index is 9.83. The molecule has 0 fully saturated rings. The van der Waals surface area contributed by atoms with Gasteiger partial charge in [0.15, 0.2) is 0 Å². The van der Waals surface area contributed by atoms with Crippen LogP contribution in [-0.4, -0.2) is 20.6 Å². The van der Waals surface area contributed by atoms with E-state index in [0.717, 1.165) is 11.3 Å². The summed E-state index contributed by atoms with van der Waals surface area (Å²) in [5.41, 5.74) is 2.25. The van der Waals surface area contributed by atoms with E-state index in [1.54, 1.807) is 6.08 Å². The van der Waals surface area contributed by atoms with Crippen molar-refractivity contribution in [1.82, 2.24) is 0 Å². The third-order valence-electron chi connectivity index (χ3n) is 1.90. The lowest BCUT2D eigenvalue weighted by atomic mass is 10.2. The Balaban J connectivity index is 2.68. The summed E-state index contributed by atoms with van der Waals surface area (Å²) >= 11 is 0. The highest BCUT2D eigenvalue weighted by Crippen LogP contribution is 2.12. The second-order valence-electron chi connectivity index (χ2n) is 3.20. The van der Waals surface area contributed by atoms with E-state index in [9.17, 15) is 4.91 Å². The van der Waals surface area contributed by atoms with Gasteiger partial charge in [-0.3, -0.25) is 0 Å². The molecule has 0 aliphatic heterocycles. The molecule has 0 radical (unpaired) electrons. The summed E-state index contributed by atoms with van der Waals surface area (Å²) in [5, 5.41) is 2.75. The predicted octanol–water partition coefficient (Wildman–Crippen LogP) is 2.53. The van der Waals surface area contributed by atoms with Crippen LogP contribution in [0.3, 0.4) is 0 Å². The van der Waals surface area contributed by atoms with Gasteiger partial charge in [0, 0.05) is 19.8 Å². The van der Waals surface area contributed by atoms with Gasteiger partial charge >= 0.3 is 0 Å². The highest BCUT2D eigenvalue weighted by Gasteiger charge is 1.92. The fraction of sp³-hybridized carbons (Fsp3) is 0.273. The van der Waals surface area contributed by atoms with Crippen LogP contribution < -0.4 is 4.90 Å². The zero-order valence-electron chi connectivity index (χ0n) is 8.47. The first kappa shape index (κ1) is 10.4. The molecule has 1 aromatic rings. The van der Waals surface area contributed by atoms with Crippen molar-refractivity contribution < 1.29 is 0 Å². The van der Waals surface area contributed by atoms with Crippen LogP contribution in [0.2, 0.25) is 0 Å². The van der Waals surface area contributed by atoms with Gasteiger partial charge < -0.3 is 4.90 Å². The minimum Gasteiger partial charge on any atom is -0.378 e. The number of hydrogen-bond acceptors (Lipinski definition) is 3. The SMILES string of the molecule is CN(C)c1ccc(/C=C/CN=O)cc1. The maximum absolute atomic E-state index is 9.83. The van der Waals surface area contributed by atoms with Crippen molar-refractivity contribution in [3.8, 4) is 0 Å². The van der Waals surface area contributed by atoms with Crippen LogP contribution in [0.4, 0.5) is 5.69 Å². The zero-order chi connectivity index (χ0) is 10.4. The topological polar surface area (TPSA) is 32.7 Å². The van der Waals surface area contributed by atoms with Gasteiger partial charge in [-0.25, -0.2) is 0 Å². The Morgan fingerprint density at radius 1 is 1.29 bits per heavy atom. The molecule has 0 amide bonds. The molecule has 3 nitrogen and oxygen atoms in total. The first-order chi connectivity index (χ1) is 6.74. The molecule has 0 atom stereocenters. The summed E-state index contributed by atoms with van der Waals surface area (Å²) in [4.78, 5) is 11.9. The summed E-state index contributed by atoms with van der Waals surface area (Å²) < 4.78 is 0. The quantitative estimate of drug-likeness (QED) is 0.683. The molecule has 0 aromatic heterocycles. The van der Waals surface area contributed by atoms with Gasteiger partial charge in [-0.1, -0.05) is 29.5 Å². The number of anilines is 1. The van der Waals surface area contributed by atoms with E-state index in [-0.39, 0.29) is 6.54 Å². The largest absolute Gasteiger partial charge is 0.378 e. The Morgan fingerprint density at radius 3 is 2.43 bits per heavy atom. The van der Waals surface area contributed by atoms with Crippen molar-refractivity contribution in [3.05, 3.63) is 40.8 Å². The first-order valence-electron chi connectivity index (χ1n) is 4.47. The molecule has 14 heavy (non-hydrogen) atoms. The molecule has 0 saturated heterocycles. The van der Waals surface area contributed by atoms with E-state index in [0.29, 0.717) is 0 Å². The van der Waals surface area contributed by atoms with Crippen molar-refractivity contribution in [1.29, 1.82) is 0 Å². The van der Waals surface area contributed by atoms with Crippen molar-refractivity contribution in [2.45, 2.75) is 0 Å². The maximum Gasteiger partial charge on any atom is 0.0995 e. The zero-order valence-corrected chi connectivity index (χ0v) is 8.47. The summed E-state index contributed by atoms with van der Waals surface area (Å²) in [5.74, 6) is 0. The lowest BCUT2D eigenvalue weighted by molar-refractivity contribution is 1.13. The number of rotatable bonds is 4. The summed E-state index contributed by atoms with van der Waals surface area (Å²) in [6, 6.07) is 8.09. The molecule has 0 N–H and O–H groups in total. The van der Waals surface area contributed by atoms with E-state index in [2.05, 4.69) is 5.18 Å². The Bertz CT molecular complexity index is 315. The van der Waals surface area contributed by atoms with Gasteiger partial charge in [-0.05, 0) is 17.7 Å². The molecule has 0 heterocycles. The highest BCUT2D eigenvalue weighted by molar-refractivity contribution is 5.55. The van der Waals surface area contributed by atoms with Gasteiger partial charge in [0.05, 0.1) is 6.54 Å².